The highest BCUT2D eigenvalue weighted by atomic mass is 19.4. The molecule has 0 atom stereocenters. The molecular weight excluding hydrogens is 235 g/mol. The zero-order valence-corrected chi connectivity index (χ0v) is 8.76. The van der Waals surface area contributed by atoms with Crippen LogP contribution in [0.5, 0.6) is 5.75 Å². The van der Waals surface area contributed by atoms with Crippen molar-refractivity contribution < 1.29 is 22.7 Å². The number of aromatic amines is 1. The number of hydrogen-bond acceptors (Lipinski definition) is 2. The van der Waals surface area contributed by atoms with Gasteiger partial charge in [0.2, 0.25) is 0 Å². The first-order valence-electron chi connectivity index (χ1n) is 4.74. The Kier molecular flexibility index (Phi) is 2.57. The van der Waals surface area contributed by atoms with Crippen LogP contribution in [-0.4, -0.2) is 17.1 Å². The maximum absolute atomic E-state index is 12.0. The van der Waals surface area contributed by atoms with Gasteiger partial charge in [-0.2, -0.15) is 0 Å². The van der Waals surface area contributed by atoms with Crippen molar-refractivity contribution in [2.75, 3.05) is 0 Å². The number of hydrogen-bond donors (Lipinski definition) is 1. The molecule has 2 rings (SSSR count). The number of benzene rings is 1. The summed E-state index contributed by atoms with van der Waals surface area (Å²) in [5.41, 5.74) is 0.871. The van der Waals surface area contributed by atoms with Crippen LogP contribution in [-0.2, 0) is 0 Å². The Morgan fingerprint density at radius 1 is 1.35 bits per heavy atom. The van der Waals surface area contributed by atoms with Gasteiger partial charge in [0.15, 0.2) is 5.78 Å². The van der Waals surface area contributed by atoms with Crippen molar-refractivity contribution in [1.29, 1.82) is 0 Å². The number of aromatic nitrogens is 1. The number of rotatable bonds is 2. The van der Waals surface area contributed by atoms with Crippen molar-refractivity contribution in [3.8, 4) is 5.75 Å². The second kappa shape index (κ2) is 3.80. The second-order valence-corrected chi connectivity index (χ2v) is 3.51. The molecule has 0 unspecified atom stereocenters. The lowest BCUT2D eigenvalue weighted by atomic mass is 10.1. The molecule has 0 bridgehead atoms. The van der Waals surface area contributed by atoms with Gasteiger partial charge in [0, 0.05) is 28.7 Å². The minimum absolute atomic E-state index is 0.152. The number of H-pyrrole nitrogens is 1. The normalized spacial score (nSPS) is 11.8. The Bertz CT molecular complexity index is 572. The summed E-state index contributed by atoms with van der Waals surface area (Å²) in [5.74, 6) is -0.470. The van der Waals surface area contributed by atoms with Gasteiger partial charge < -0.3 is 9.72 Å². The van der Waals surface area contributed by atoms with Gasteiger partial charge in [-0.1, -0.05) is 0 Å². The molecule has 0 aliphatic heterocycles. The molecule has 0 fully saturated rings. The molecule has 1 aromatic heterocycles. The quantitative estimate of drug-likeness (QED) is 0.822. The van der Waals surface area contributed by atoms with Crippen LogP contribution in [0.4, 0.5) is 13.2 Å². The van der Waals surface area contributed by atoms with E-state index in [1.165, 1.54) is 31.3 Å². The van der Waals surface area contributed by atoms with Crippen molar-refractivity contribution in [2.45, 2.75) is 13.3 Å². The Hall–Kier alpha value is -1.98. The van der Waals surface area contributed by atoms with E-state index in [-0.39, 0.29) is 11.5 Å². The van der Waals surface area contributed by atoms with E-state index in [4.69, 9.17) is 0 Å². The van der Waals surface area contributed by atoms with Crippen LogP contribution in [0.15, 0.2) is 24.4 Å². The summed E-state index contributed by atoms with van der Waals surface area (Å²) >= 11 is 0. The van der Waals surface area contributed by atoms with Gasteiger partial charge in [-0.3, -0.25) is 4.79 Å². The first kappa shape index (κ1) is 11.5. The molecule has 90 valence electrons. The Morgan fingerprint density at radius 2 is 2.06 bits per heavy atom. The van der Waals surface area contributed by atoms with Crippen molar-refractivity contribution in [3.63, 3.8) is 0 Å². The molecule has 0 spiro atoms. The fraction of sp³-hybridized carbons (Fsp3) is 0.182. The molecule has 0 aliphatic rings. The molecule has 0 amide bonds. The zero-order chi connectivity index (χ0) is 12.6. The van der Waals surface area contributed by atoms with Crippen LogP contribution in [0.2, 0.25) is 0 Å². The number of fused-ring (bicyclic) bond motifs is 1. The maximum atomic E-state index is 12.0. The van der Waals surface area contributed by atoms with E-state index in [1.807, 2.05) is 0 Å². The summed E-state index contributed by atoms with van der Waals surface area (Å²) in [6.45, 7) is 1.39. The van der Waals surface area contributed by atoms with Crippen LogP contribution in [0.3, 0.4) is 0 Å². The van der Waals surface area contributed by atoms with Gasteiger partial charge in [-0.05, 0) is 19.1 Å². The van der Waals surface area contributed by atoms with Gasteiger partial charge >= 0.3 is 6.36 Å². The third kappa shape index (κ3) is 2.41. The van der Waals surface area contributed by atoms with E-state index in [2.05, 4.69) is 9.72 Å². The lowest BCUT2D eigenvalue weighted by Crippen LogP contribution is -2.16. The second-order valence-electron chi connectivity index (χ2n) is 3.51. The van der Waals surface area contributed by atoms with E-state index >= 15 is 0 Å². The van der Waals surface area contributed by atoms with Crippen molar-refractivity contribution in [3.05, 3.63) is 30.0 Å². The monoisotopic (exact) mass is 243 g/mol. The Morgan fingerprint density at radius 3 is 2.65 bits per heavy atom. The highest BCUT2D eigenvalue weighted by Crippen LogP contribution is 2.27. The average molecular weight is 243 g/mol. The molecule has 0 saturated carbocycles. The summed E-state index contributed by atoms with van der Waals surface area (Å²) in [6.07, 6.45) is -3.26. The zero-order valence-electron chi connectivity index (χ0n) is 8.76. The first-order chi connectivity index (χ1) is 7.87. The highest BCUT2D eigenvalue weighted by molar-refractivity contribution is 6.06. The number of carbonyl (C=O) groups excluding carboxylic acids is 1. The smallest absolute Gasteiger partial charge is 0.406 e. The topological polar surface area (TPSA) is 42.1 Å². The molecule has 2 aromatic rings. The van der Waals surface area contributed by atoms with Crippen molar-refractivity contribution in [2.24, 2.45) is 0 Å². The van der Waals surface area contributed by atoms with Crippen molar-refractivity contribution >= 4 is 16.7 Å². The van der Waals surface area contributed by atoms with E-state index in [9.17, 15) is 18.0 Å². The lowest BCUT2D eigenvalue weighted by Gasteiger charge is -2.08. The predicted octanol–water partition coefficient (Wildman–Crippen LogP) is 3.27. The molecular formula is C11H8F3NO2. The predicted molar refractivity (Wildman–Crippen MR) is 55.0 cm³/mol. The van der Waals surface area contributed by atoms with E-state index in [1.54, 1.807) is 0 Å². The number of halogens is 3. The standard InChI is InChI=1S/C11H8F3NO2/c1-6(16)9-5-15-10-4-7(2-3-8(9)10)17-11(12,13)14/h2-5,15H,1H3. The molecule has 0 aliphatic carbocycles. The fourth-order valence-electron chi connectivity index (χ4n) is 1.59. The average Bonchev–Trinajstić information content (AvgIpc) is 2.57. The molecule has 1 aromatic carbocycles. The van der Waals surface area contributed by atoms with Gasteiger partial charge in [0.1, 0.15) is 5.75 Å². The molecule has 0 saturated heterocycles. The van der Waals surface area contributed by atoms with E-state index in [0.29, 0.717) is 16.5 Å². The van der Waals surface area contributed by atoms with Crippen LogP contribution in [0.1, 0.15) is 17.3 Å². The molecule has 1 N–H and O–H groups in total. The number of Topliss-reactive ketones (excluding diaryl/α,β-unsaturated/α-hetero) is 1. The summed E-state index contributed by atoms with van der Waals surface area (Å²) in [6, 6.07) is 3.80. The number of nitrogens with one attached hydrogen (secondary N) is 1. The Labute approximate surface area is 94.2 Å². The summed E-state index contributed by atoms with van der Waals surface area (Å²) in [4.78, 5) is 13.9. The molecule has 17 heavy (non-hydrogen) atoms. The first-order valence-corrected chi connectivity index (χ1v) is 4.74. The lowest BCUT2D eigenvalue weighted by molar-refractivity contribution is -0.274. The van der Waals surface area contributed by atoms with E-state index < -0.39 is 6.36 Å². The maximum Gasteiger partial charge on any atom is 0.573 e. The largest absolute Gasteiger partial charge is 0.573 e. The summed E-state index contributed by atoms with van der Waals surface area (Å²) < 4.78 is 39.7. The molecule has 1 heterocycles. The highest BCUT2D eigenvalue weighted by Gasteiger charge is 2.31. The summed E-state index contributed by atoms with van der Waals surface area (Å²) in [5, 5.41) is 0.576. The molecule has 6 heteroatoms. The Balaban J connectivity index is 2.43. The van der Waals surface area contributed by atoms with Gasteiger partial charge in [-0.15, -0.1) is 13.2 Å². The number of ketones is 1. The summed E-state index contributed by atoms with van der Waals surface area (Å²) in [7, 11) is 0. The van der Waals surface area contributed by atoms with Crippen molar-refractivity contribution in [1.82, 2.24) is 4.98 Å². The van der Waals surface area contributed by atoms with Gasteiger partial charge in [-0.25, -0.2) is 0 Å². The third-order valence-electron chi connectivity index (χ3n) is 2.27. The van der Waals surface area contributed by atoms with Gasteiger partial charge in [0.05, 0.1) is 0 Å². The number of carbonyl (C=O) groups is 1. The molecule has 0 radical (unpaired) electrons. The number of ether oxygens (including phenoxy) is 1. The SMILES string of the molecule is CC(=O)c1c[nH]c2cc(OC(F)(F)F)ccc12. The van der Waals surface area contributed by atoms with Gasteiger partial charge in [0.25, 0.3) is 0 Å². The minimum atomic E-state index is -4.72. The van der Waals surface area contributed by atoms with Crippen LogP contribution in [0.25, 0.3) is 10.9 Å². The fourth-order valence-corrected chi connectivity index (χ4v) is 1.59. The van der Waals surface area contributed by atoms with Crippen LogP contribution < -0.4 is 4.74 Å². The van der Waals surface area contributed by atoms with E-state index in [0.717, 1.165) is 0 Å². The van der Waals surface area contributed by atoms with Crippen LogP contribution >= 0.6 is 0 Å². The van der Waals surface area contributed by atoms with Crippen LogP contribution in [0, 0.1) is 0 Å². The third-order valence-corrected chi connectivity index (χ3v) is 2.27. The minimum Gasteiger partial charge on any atom is -0.406 e. The molecule has 3 nitrogen and oxygen atoms in total. The number of alkyl halides is 3.